The molecule has 0 radical (unpaired) electrons. The first-order valence-electron chi connectivity index (χ1n) is 6.17. The van der Waals surface area contributed by atoms with Crippen LogP contribution in [0.2, 0.25) is 0 Å². The Kier molecular flexibility index (Phi) is 5.17. The second kappa shape index (κ2) is 6.88. The average Bonchev–Trinajstić information content (AvgIpc) is 2.44. The van der Waals surface area contributed by atoms with Crippen LogP contribution in [0.3, 0.4) is 0 Å². The number of hydrogen-bond donors (Lipinski definition) is 0. The Morgan fingerprint density at radius 3 is 2.26 bits per heavy atom. The van der Waals surface area contributed by atoms with Gasteiger partial charge in [-0.1, -0.05) is 24.3 Å². The van der Waals surface area contributed by atoms with E-state index in [1.165, 1.54) is 0 Å². The molecule has 0 N–H and O–H groups in total. The standard InChI is InChI=1S/C15H16Cl2O2/c1-11-10-14(18-8-6-16)12-4-2-3-5-13(12)15(11)19-9-7-17/h2-5,10H,6-9H2,1H3. The molecule has 0 aliphatic carbocycles. The van der Waals surface area contributed by atoms with Gasteiger partial charge in [-0.2, -0.15) is 0 Å². The van der Waals surface area contributed by atoms with Crippen LogP contribution in [-0.4, -0.2) is 25.0 Å². The number of hydrogen-bond acceptors (Lipinski definition) is 2. The molecule has 0 aliphatic heterocycles. The van der Waals surface area contributed by atoms with E-state index < -0.39 is 0 Å². The van der Waals surface area contributed by atoms with Crippen molar-refractivity contribution in [1.29, 1.82) is 0 Å². The fourth-order valence-corrected chi connectivity index (χ4v) is 2.20. The largest absolute Gasteiger partial charge is 0.492 e. The van der Waals surface area contributed by atoms with Gasteiger partial charge >= 0.3 is 0 Å². The normalized spacial score (nSPS) is 10.7. The Morgan fingerprint density at radius 2 is 1.58 bits per heavy atom. The van der Waals surface area contributed by atoms with Gasteiger partial charge in [0.2, 0.25) is 0 Å². The maximum atomic E-state index is 5.75. The van der Waals surface area contributed by atoms with Gasteiger partial charge in [0.05, 0.1) is 11.8 Å². The van der Waals surface area contributed by atoms with E-state index in [1.54, 1.807) is 0 Å². The highest BCUT2D eigenvalue weighted by Crippen LogP contribution is 2.36. The summed E-state index contributed by atoms with van der Waals surface area (Å²) in [6.07, 6.45) is 0. The van der Waals surface area contributed by atoms with Crippen LogP contribution >= 0.6 is 23.2 Å². The van der Waals surface area contributed by atoms with E-state index >= 15 is 0 Å². The number of halogens is 2. The minimum absolute atomic E-state index is 0.470. The number of fused-ring (bicyclic) bond motifs is 1. The van der Waals surface area contributed by atoms with Crippen molar-refractivity contribution in [2.45, 2.75) is 6.92 Å². The number of rotatable bonds is 6. The molecule has 0 saturated carbocycles. The van der Waals surface area contributed by atoms with Gasteiger partial charge in [0.1, 0.15) is 24.7 Å². The van der Waals surface area contributed by atoms with Crippen LogP contribution in [0, 0.1) is 6.92 Å². The molecule has 4 heteroatoms. The van der Waals surface area contributed by atoms with E-state index in [0.717, 1.165) is 27.8 Å². The van der Waals surface area contributed by atoms with Crippen LogP contribution < -0.4 is 9.47 Å². The number of benzene rings is 2. The highest BCUT2D eigenvalue weighted by atomic mass is 35.5. The Morgan fingerprint density at radius 1 is 0.947 bits per heavy atom. The summed E-state index contributed by atoms with van der Waals surface area (Å²) in [5.74, 6) is 2.65. The second-order valence-electron chi connectivity index (χ2n) is 4.14. The second-order valence-corrected chi connectivity index (χ2v) is 4.90. The zero-order valence-corrected chi connectivity index (χ0v) is 12.3. The third-order valence-electron chi connectivity index (χ3n) is 2.80. The Bertz CT molecular complexity index is 555. The van der Waals surface area contributed by atoms with Crippen LogP contribution in [-0.2, 0) is 0 Å². The molecule has 0 amide bonds. The van der Waals surface area contributed by atoms with Gasteiger partial charge in [0.25, 0.3) is 0 Å². The molecule has 2 nitrogen and oxygen atoms in total. The Hall–Kier alpha value is -1.12. The van der Waals surface area contributed by atoms with E-state index in [9.17, 15) is 0 Å². The lowest BCUT2D eigenvalue weighted by atomic mass is 10.0. The summed E-state index contributed by atoms with van der Waals surface area (Å²) in [6, 6.07) is 10.0. The van der Waals surface area contributed by atoms with Crippen LogP contribution in [0.4, 0.5) is 0 Å². The first-order chi connectivity index (χ1) is 9.27. The first kappa shape index (κ1) is 14.3. The van der Waals surface area contributed by atoms with Gasteiger partial charge in [0, 0.05) is 10.8 Å². The highest BCUT2D eigenvalue weighted by Gasteiger charge is 2.11. The molecular formula is C15H16Cl2O2. The third-order valence-corrected chi connectivity index (χ3v) is 3.11. The molecule has 19 heavy (non-hydrogen) atoms. The predicted octanol–water partition coefficient (Wildman–Crippen LogP) is 4.38. The minimum atomic E-state index is 0.470. The van der Waals surface area contributed by atoms with E-state index in [2.05, 4.69) is 0 Å². The molecule has 2 aromatic rings. The molecular weight excluding hydrogens is 283 g/mol. The summed E-state index contributed by atoms with van der Waals surface area (Å²) < 4.78 is 11.4. The lowest BCUT2D eigenvalue weighted by Gasteiger charge is -2.15. The van der Waals surface area contributed by atoms with Gasteiger partial charge in [-0.25, -0.2) is 0 Å². The smallest absolute Gasteiger partial charge is 0.130 e. The number of aryl methyl sites for hydroxylation is 1. The molecule has 0 bridgehead atoms. The zero-order chi connectivity index (χ0) is 13.7. The van der Waals surface area contributed by atoms with Gasteiger partial charge in [0.15, 0.2) is 0 Å². The summed E-state index contributed by atoms with van der Waals surface area (Å²) >= 11 is 11.4. The lowest BCUT2D eigenvalue weighted by molar-refractivity contribution is 0.337. The summed E-state index contributed by atoms with van der Waals surface area (Å²) in [7, 11) is 0. The van der Waals surface area contributed by atoms with Crippen LogP contribution in [0.1, 0.15) is 5.56 Å². The fourth-order valence-electron chi connectivity index (χ4n) is 2.05. The maximum absolute atomic E-state index is 5.75. The van der Waals surface area contributed by atoms with E-state index in [-0.39, 0.29) is 0 Å². The quantitative estimate of drug-likeness (QED) is 0.737. The highest BCUT2D eigenvalue weighted by molar-refractivity contribution is 6.18. The molecule has 0 saturated heterocycles. The fraction of sp³-hybridized carbons (Fsp3) is 0.333. The first-order valence-corrected chi connectivity index (χ1v) is 7.24. The molecule has 0 fully saturated rings. The van der Waals surface area contributed by atoms with Gasteiger partial charge in [-0.05, 0) is 18.6 Å². The summed E-state index contributed by atoms with van der Waals surface area (Å²) in [6.45, 7) is 2.99. The Labute approximate surface area is 123 Å². The molecule has 0 unspecified atom stereocenters. The predicted molar refractivity (Wildman–Crippen MR) is 81.1 cm³/mol. The molecule has 102 valence electrons. The van der Waals surface area contributed by atoms with Gasteiger partial charge in [-0.3, -0.25) is 0 Å². The lowest BCUT2D eigenvalue weighted by Crippen LogP contribution is -2.03. The number of ether oxygens (including phenoxy) is 2. The zero-order valence-electron chi connectivity index (χ0n) is 10.8. The molecule has 0 aliphatic rings. The van der Waals surface area contributed by atoms with Crippen molar-refractivity contribution in [1.82, 2.24) is 0 Å². The van der Waals surface area contributed by atoms with Crippen LogP contribution in [0.15, 0.2) is 30.3 Å². The summed E-state index contributed by atoms with van der Waals surface area (Å²) in [4.78, 5) is 0. The van der Waals surface area contributed by atoms with Gasteiger partial charge in [-0.15, -0.1) is 23.2 Å². The summed E-state index contributed by atoms with van der Waals surface area (Å²) in [5, 5.41) is 2.07. The molecule has 2 aromatic carbocycles. The molecule has 0 heterocycles. The van der Waals surface area contributed by atoms with Crippen molar-refractivity contribution in [2.24, 2.45) is 0 Å². The third kappa shape index (κ3) is 3.26. The van der Waals surface area contributed by atoms with Crippen molar-refractivity contribution in [3.05, 3.63) is 35.9 Å². The van der Waals surface area contributed by atoms with E-state index in [4.69, 9.17) is 32.7 Å². The van der Waals surface area contributed by atoms with Crippen molar-refractivity contribution in [3.8, 4) is 11.5 Å². The number of alkyl halides is 2. The van der Waals surface area contributed by atoms with Crippen molar-refractivity contribution in [2.75, 3.05) is 25.0 Å². The SMILES string of the molecule is Cc1cc(OCCCl)c2ccccc2c1OCCCl. The molecule has 0 spiro atoms. The monoisotopic (exact) mass is 298 g/mol. The van der Waals surface area contributed by atoms with Crippen molar-refractivity contribution in [3.63, 3.8) is 0 Å². The Balaban J connectivity index is 2.49. The van der Waals surface area contributed by atoms with Crippen LogP contribution in [0.25, 0.3) is 10.8 Å². The van der Waals surface area contributed by atoms with Gasteiger partial charge < -0.3 is 9.47 Å². The van der Waals surface area contributed by atoms with Crippen molar-refractivity contribution >= 4 is 34.0 Å². The van der Waals surface area contributed by atoms with E-state index in [1.807, 2.05) is 37.3 Å². The molecule has 0 aromatic heterocycles. The summed E-state index contributed by atoms with van der Waals surface area (Å²) in [5.41, 5.74) is 1.04. The van der Waals surface area contributed by atoms with E-state index in [0.29, 0.717) is 25.0 Å². The molecule has 2 rings (SSSR count). The average molecular weight is 299 g/mol. The minimum Gasteiger partial charge on any atom is -0.492 e. The maximum Gasteiger partial charge on any atom is 0.130 e. The van der Waals surface area contributed by atoms with Crippen molar-refractivity contribution < 1.29 is 9.47 Å². The van der Waals surface area contributed by atoms with Crippen LogP contribution in [0.5, 0.6) is 11.5 Å². The topological polar surface area (TPSA) is 18.5 Å². The molecule has 0 atom stereocenters.